The van der Waals surface area contributed by atoms with Crippen molar-refractivity contribution in [1.29, 1.82) is 0 Å². The average molecular weight is 267 g/mol. The van der Waals surface area contributed by atoms with Gasteiger partial charge in [-0.1, -0.05) is 0 Å². The van der Waals surface area contributed by atoms with Crippen LogP contribution < -0.4 is 0 Å². The number of nitrogens with zero attached hydrogens (tertiary/aromatic N) is 5. The predicted octanol–water partition coefficient (Wildman–Crippen LogP) is 2.24. The summed E-state index contributed by atoms with van der Waals surface area (Å²) in [5, 5.41) is 7.62. The van der Waals surface area contributed by atoms with Crippen LogP contribution in [-0.2, 0) is 6.18 Å². The van der Waals surface area contributed by atoms with Gasteiger partial charge in [-0.25, -0.2) is 14.2 Å². The molecule has 8 heteroatoms. The predicted molar refractivity (Wildman–Crippen MR) is 59.8 cm³/mol. The summed E-state index contributed by atoms with van der Waals surface area (Å²) in [5.41, 5.74) is 0.0444. The molecule has 0 aromatic carbocycles. The maximum atomic E-state index is 12.6. The number of fused-ring (bicyclic) bond motifs is 1. The molecule has 0 aliphatic heterocycles. The summed E-state index contributed by atoms with van der Waals surface area (Å²) in [7, 11) is 0. The molecule has 19 heavy (non-hydrogen) atoms. The molecular formula is C11H8F3N5. The van der Waals surface area contributed by atoms with Gasteiger partial charge in [0.25, 0.3) is 0 Å². The van der Waals surface area contributed by atoms with Crippen LogP contribution in [0.5, 0.6) is 0 Å². The highest BCUT2D eigenvalue weighted by molar-refractivity contribution is 5.60. The molecule has 0 aliphatic carbocycles. The maximum Gasteiger partial charge on any atom is 0.435 e. The highest BCUT2D eigenvalue weighted by Gasteiger charge is 2.34. The maximum absolute atomic E-state index is 12.6. The first-order valence-corrected chi connectivity index (χ1v) is 5.39. The zero-order valence-electron chi connectivity index (χ0n) is 9.76. The van der Waals surface area contributed by atoms with Crippen molar-refractivity contribution in [2.45, 2.75) is 13.1 Å². The molecule has 3 rings (SSSR count). The highest BCUT2D eigenvalue weighted by atomic mass is 19.4. The molecule has 0 amide bonds. The Labute approximate surface area is 105 Å². The Kier molecular flexibility index (Phi) is 2.34. The summed E-state index contributed by atoms with van der Waals surface area (Å²) in [6, 6.07) is 2.70. The number of hydrogen-bond donors (Lipinski definition) is 0. The molecule has 0 saturated heterocycles. The van der Waals surface area contributed by atoms with Crippen LogP contribution in [0.1, 0.15) is 11.4 Å². The molecule has 0 N–H and O–H groups in total. The highest BCUT2D eigenvalue weighted by Crippen LogP contribution is 2.29. The van der Waals surface area contributed by atoms with Crippen LogP contribution in [0, 0.1) is 6.92 Å². The summed E-state index contributed by atoms with van der Waals surface area (Å²) >= 11 is 0. The number of rotatable bonds is 1. The molecule has 3 aromatic heterocycles. The number of alkyl halides is 3. The fourth-order valence-electron chi connectivity index (χ4n) is 1.76. The van der Waals surface area contributed by atoms with E-state index in [4.69, 9.17) is 0 Å². The van der Waals surface area contributed by atoms with E-state index in [0.717, 1.165) is 16.3 Å². The second-order valence-corrected chi connectivity index (χ2v) is 4.01. The summed E-state index contributed by atoms with van der Waals surface area (Å²) in [4.78, 5) is 4.06. The van der Waals surface area contributed by atoms with E-state index in [-0.39, 0.29) is 5.52 Å². The third-order valence-electron chi connectivity index (χ3n) is 2.60. The summed E-state index contributed by atoms with van der Waals surface area (Å²) in [6.07, 6.45) is -0.0990. The molecule has 0 unspecified atom stereocenters. The Morgan fingerprint density at radius 1 is 1.16 bits per heavy atom. The van der Waals surface area contributed by atoms with Crippen molar-refractivity contribution >= 4 is 5.52 Å². The second kappa shape index (κ2) is 3.81. The van der Waals surface area contributed by atoms with Gasteiger partial charge in [0.15, 0.2) is 11.5 Å². The minimum atomic E-state index is -4.48. The monoisotopic (exact) mass is 267 g/mol. The number of hydrogen-bond acceptors (Lipinski definition) is 3. The summed E-state index contributed by atoms with van der Waals surface area (Å²) in [5.74, 6) is 0.304. The fourth-order valence-corrected chi connectivity index (χ4v) is 1.76. The van der Waals surface area contributed by atoms with Gasteiger partial charge >= 0.3 is 6.18 Å². The Balaban J connectivity index is 2.23. The lowest BCUT2D eigenvalue weighted by Crippen LogP contribution is -2.05. The molecule has 0 aliphatic rings. The van der Waals surface area contributed by atoms with E-state index >= 15 is 0 Å². The van der Waals surface area contributed by atoms with Gasteiger partial charge in [-0.15, -0.1) is 0 Å². The molecule has 0 radical (unpaired) electrons. The van der Waals surface area contributed by atoms with Crippen LogP contribution in [0.4, 0.5) is 13.2 Å². The Hall–Kier alpha value is -2.38. The van der Waals surface area contributed by atoms with Gasteiger partial charge in [-0.2, -0.15) is 23.4 Å². The van der Waals surface area contributed by atoms with Gasteiger partial charge in [-0.05, 0) is 13.0 Å². The first kappa shape index (κ1) is 11.7. The lowest BCUT2D eigenvalue weighted by Gasteiger charge is -2.01. The SMILES string of the molecule is Cc1ccn(-c2nccn3nc(C(F)(F)F)cc23)n1. The molecule has 0 fully saturated rings. The van der Waals surface area contributed by atoms with Gasteiger partial charge in [0.05, 0.1) is 5.69 Å². The summed E-state index contributed by atoms with van der Waals surface area (Å²) in [6.45, 7) is 1.79. The third-order valence-corrected chi connectivity index (χ3v) is 2.60. The van der Waals surface area contributed by atoms with Crippen molar-refractivity contribution in [1.82, 2.24) is 24.4 Å². The quantitative estimate of drug-likeness (QED) is 0.679. The first-order chi connectivity index (χ1) is 8.95. The van der Waals surface area contributed by atoms with Gasteiger partial charge < -0.3 is 0 Å². The fraction of sp³-hybridized carbons (Fsp3) is 0.182. The molecule has 3 heterocycles. The molecule has 98 valence electrons. The van der Waals surface area contributed by atoms with Crippen molar-refractivity contribution in [3.8, 4) is 5.82 Å². The molecule has 0 saturated carbocycles. The van der Waals surface area contributed by atoms with Crippen LogP contribution in [0.25, 0.3) is 11.3 Å². The van der Waals surface area contributed by atoms with Crippen molar-refractivity contribution in [2.75, 3.05) is 0 Å². The molecular weight excluding hydrogens is 259 g/mol. The zero-order chi connectivity index (χ0) is 13.6. The number of aryl methyl sites for hydroxylation is 1. The zero-order valence-corrected chi connectivity index (χ0v) is 9.76. The van der Waals surface area contributed by atoms with Crippen molar-refractivity contribution in [3.63, 3.8) is 0 Å². The van der Waals surface area contributed by atoms with E-state index in [9.17, 15) is 13.2 Å². The summed E-state index contributed by atoms with van der Waals surface area (Å²) < 4.78 is 40.5. The van der Waals surface area contributed by atoms with E-state index in [1.807, 2.05) is 0 Å². The first-order valence-electron chi connectivity index (χ1n) is 5.39. The molecule has 0 atom stereocenters. The van der Waals surface area contributed by atoms with Gasteiger partial charge in [-0.3, -0.25) is 0 Å². The largest absolute Gasteiger partial charge is 0.435 e. The van der Waals surface area contributed by atoms with Crippen molar-refractivity contribution < 1.29 is 13.2 Å². The topological polar surface area (TPSA) is 48.0 Å². The smallest absolute Gasteiger partial charge is 0.235 e. The molecule has 0 spiro atoms. The Morgan fingerprint density at radius 2 is 1.95 bits per heavy atom. The van der Waals surface area contributed by atoms with Crippen LogP contribution in [0.15, 0.2) is 30.7 Å². The molecule has 5 nitrogen and oxygen atoms in total. The molecule has 0 bridgehead atoms. The van der Waals surface area contributed by atoms with Crippen LogP contribution in [0.2, 0.25) is 0 Å². The van der Waals surface area contributed by atoms with Gasteiger partial charge in [0.2, 0.25) is 0 Å². The van der Waals surface area contributed by atoms with E-state index in [1.165, 1.54) is 17.1 Å². The average Bonchev–Trinajstić information content (AvgIpc) is 2.93. The lowest BCUT2D eigenvalue weighted by molar-refractivity contribution is -0.141. The Bertz CT molecular complexity index is 740. The Morgan fingerprint density at radius 3 is 2.58 bits per heavy atom. The third kappa shape index (κ3) is 1.94. The van der Waals surface area contributed by atoms with E-state index in [2.05, 4.69) is 15.2 Å². The van der Waals surface area contributed by atoms with Crippen molar-refractivity contribution in [2.24, 2.45) is 0 Å². The lowest BCUT2D eigenvalue weighted by atomic mass is 10.4. The van der Waals surface area contributed by atoms with Crippen LogP contribution in [0.3, 0.4) is 0 Å². The van der Waals surface area contributed by atoms with Gasteiger partial charge in [0, 0.05) is 24.7 Å². The molecule has 3 aromatic rings. The van der Waals surface area contributed by atoms with E-state index in [0.29, 0.717) is 5.82 Å². The number of aromatic nitrogens is 5. The normalized spacial score (nSPS) is 12.2. The van der Waals surface area contributed by atoms with Crippen LogP contribution >= 0.6 is 0 Å². The number of halogens is 3. The minimum absolute atomic E-state index is 0.248. The minimum Gasteiger partial charge on any atom is -0.235 e. The second-order valence-electron chi connectivity index (χ2n) is 4.01. The van der Waals surface area contributed by atoms with E-state index < -0.39 is 11.9 Å². The van der Waals surface area contributed by atoms with Crippen molar-refractivity contribution in [3.05, 3.63) is 42.1 Å². The standard InChI is InChI=1S/C11H8F3N5/c1-7-2-4-19(16-7)10-8-6-9(11(12,13)14)17-18(8)5-3-15-10/h2-6H,1H3. The van der Waals surface area contributed by atoms with E-state index in [1.54, 1.807) is 19.2 Å². The van der Waals surface area contributed by atoms with Crippen LogP contribution in [-0.4, -0.2) is 24.4 Å². The van der Waals surface area contributed by atoms with Gasteiger partial charge in [0.1, 0.15) is 5.52 Å².